The molecule has 0 bridgehead atoms. The monoisotopic (exact) mass is 713 g/mol. The third kappa shape index (κ3) is 4.17. The van der Waals surface area contributed by atoms with Crippen LogP contribution in [-0.4, -0.2) is 11.6 Å². The molecule has 7 heteroatoms. The molecule has 0 N–H and O–H groups in total. The van der Waals surface area contributed by atoms with Crippen molar-refractivity contribution in [2.24, 2.45) is 0 Å². The Morgan fingerprint density at radius 3 is 1.65 bits per heavy atom. The number of allylic oxidation sites excluding steroid dienone is 1. The van der Waals surface area contributed by atoms with E-state index in [0.29, 0.717) is 12.1 Å². The average Bonchev–Trinajstić information content (AvgIpc) is 3.57. The van der Waals surface area contributed by atoms with E-state index in [0.717, 1.165) is 22.5 Å². The summed E-state index contributed by atoms with van der Waals surface area (Å²) in [6, 6.07) is 42.3. The Morgan fingerprint density at radius 1 is 0.531 bits per heavy atom. The predicted molar refractivity (Wildman–Crippen MR) is 199 cm³/mol. The number of fused-ring (bicyclic) bond motifs is 10. The van der Waals surface area contributed by atoms with Gasteiger partial charge in [0.2, 0.25) is 0 Å². The molecule has 0 saturated carbocycles. The largest absolute Gasteiger partial charge is 0.336 e. The van der Waals surface area contributed by atoms with Gasteiger partial charge in [-0.25, -0.2) is 0 Å². The van der Waals surface area contributed by atoms with Crippen LogP contribution in [0, 0.1) is 0 Å². The minimum Gasteiger partial charge on any atom is -0.336 e. The number of hydrogen-bond donors (Lipinski definition) is 0. The van der Waals surface area contributed by atoms with Crippen LogP contribution in [0.25, 0.3) is 17.2 Å². The number of para-hydroxylation sites is 1. The van der Waals surface area contributed by atoms with E-state index >= 15 is 0 Å². The number of carbonyl (C=O) groups is 2. The van der Waals surface area contributed by atoms with E-state index in [2.05, 4.69) is 114 Å². The Hall–Kier alpha value is -4.64. The lowest BCUT2D eigenvalue weighted by molar-refractivity contribution is 0.0990. The SMILES string of the molecule is O=C1C(=Cc2ccc3c(c2)C2(c4ccccc4-c4ccccc42)c2ccccc2N3Cc2ccccc2)C(=O)c2c(Cl)c(Cl)c(Cl)c(Cl)c21. The topological polar surface area (TPSA) is 37.4 Å². The van der Waals surface area contributed by atoms with Gasteiger partial charge in [0, 0.05) is 17.9 Å². The molecule has 3 nitrogen and oxygen atoms in total. The van der Waals surface area contributed by atoms with Crippen molar-refractivity contribution in [3.63, 3.8) is 0 Å². The van der Waals surface area contributed by atoms with Crippen LogP contribution in [0.15, 0.2) is 127 Å². The third-order valence-corrected chi connectivity index (χ3v) is 11.8. The van der Waals surface area contributed by atoms with Crippen LogP contribution in [0.1, 0.15) is 54.1 Å². The molecular weight excluding hydrogens is 692 g/mol. The predicted octanol–water partition coefficient (Wildman–Crippen LogP) is 11.8. The smallest absolute Gasteiger partial charge is 0.199 e. The van der Waals surface area contributed by atoms with Crippen LogP contribution in [0.4, 0.5) is 11.4 Å². The normalized spacial score (nSPS) is 14.8. The number of rotatable bonds is 3. The quantitative estimate of drug-likeness (QED) is 0.0791. The van der Waals surface area contributed by atoms with Crippen LogP contribution in [0.2, 0.25) is 20.1 Å². The molecule has 1 heterocycles. The molecule has 236 valence electrons. The van der Waals surface area contributed by atoms with Crippen molar-refractivity contribution < 1.29 is 9.59 Å². The number of benzene rings is 6. The highest BCUT2D eigenvalue weighted by atomic mass is 35.5. The first-order valence-electron chi connectivity index (χ1n) is 15.7. The zero-order valence-electron chi connectivity index (χ0n) is 25.6. The lowest BCUT2D eigenvalue weighted by atomic mass is 9.64. The Kier molecular flexibility index (Phi) is 6.95. The highest BCUT2D eigenvalue weighted by Gasteiger charge is 2.51. The van der Waals surface area contributed by atoms with E-state index in [1.807, 2.05) is 12.1 Å². The minimum absolute atomic E-state index is 0.0200. The number of carbonyl (C=O) groups excluding carboxylic acids is 2. The Labute approximate surface area is 302 Å². The molecule has 1 aliphatic heterocycles. The molecule has 6 aromatic carbocycles. The van der Waals surface area contributed by atoms with Gasteiger partial charge in [-0.2, -0.15) is 0 Å². The summed E-state index contributed by atoms with van der Waals surface area (Å²) in [5, 5.41) is -0.268. The summed E-state index contributed by atoms with van der Waals surface area (Å²) in [4.78, 5) is 29.9. The van der Waals surface area contributed by atoms with Gasteiger partial charge in [0.15, 0.2) is 11.6 Å². The maximum atomic E-state index is 13.8. The molecule has 0 unspecified atom stereocenters. The fraction of sp³-hybridized carbons (Fsp3) is 0.0476. The van der Waals surface area contributed by atoms with Crippen LogP contribution in [0.5, 0.6) is 0 Å². The summed E-state index contributed by atoms with van der Waals surface area (Å²) in [5.74, 6) is -1.07. The minimum atomic E-state index is -0.666. The Bertz CT molecular complexity index is 2370. The second kappa shape index (κ2) is 11.2. The number of nitrogens with zero attached hydrogens (tertiary/aromatic N) is 1. The molecule has 0 saturated heterocycles. The van der Waals surface area contributed by atoms with Gasteiger partial charge in [0.25, 0.3) is 0 Å². The van der Waals surface area contributed by atoms with Gasteiger partial charge in [-0.05, 0) is 68.8 Å². The molecule has 0 radical (unpaired) electrons. The molecule has 0 aromatic heterocycles. The number of halogens is 4. The molecule has 0 atom stereocenters. The van der Waals surface area contributed by atoms with Crippen molar-refractivity contribution >= 4 is 75.4 Å². The standard InChI is InChI=1S/C42H23Cl4NO2/c43-36-34-35(37(44)39(46)38(36)45)41(49)27(40(34)48)20-24-18-19-33-31(21-24)42(28-14-6-4-12-25(28)26-13-5-7-15-29(26)42)30-16-8-9-17-32(30)47(33)22-23-10-2-1-3-11-23/h1-21H,22H2. The zero-order chi connectivity index (χ0) is 33.6. The van der Waals surface area contributed by atoms with Crippen molar-refractivity contribution in [2.45, 2.75) is 12.0 Å². The molecule has 0 amide bonds. The first kappa shape index (κ1) is 30.4. The van der Waals surface area contributed by atoms with Crippen LogP contribution in [0.3, 0.4) is 0 Å². The van der Waals surface area contributed by atoms with Gasteiger partial charge < -0.3 is 4.90 Å². The fourth-order valence-corrected chi connectivity index (χ4v) is 8.98. The fourth-order valence-electron chi connectivity index (χ4n) is 7.96. The van der Waals surface area contributed by atoms with E-state index in [1.165, 1.54) is 27.8 Å². The molecule has 3 aliphatic rings. The zero-order valence-corrected chi connectivity index (χ0v) is 28.6. The molecule has 2 aliphatic carbocycles. The average molecular weight is 715 g/mol. The van der Waals surface area contributed by atoms with Gasteiger partial charge in [-0.1, -0.05) is 150 Å². The second-order valence-electron chi connectivity index (χ2n) is 12.4. The molecular formula is C42H23Cl4NO2. The van der Waals surface area contributed by atoms with Crippen molar-refractivity contribution in [3.8, 4) is 11.1 Å². The van der Waals surface area contributed by atoms with Crippen molar-refractivity contribution in [3.05, 3.63) is 191 Å². The molecule has 49 heavy (non-hydrogen) atoms. The van der Waals surface area contributed by atoms with Crippen molar-refractivity contribution in [1.29, 1.82) is 0 Å². The maximum absolute atomic E-state index is 13.8. The van der Waals surface area contributed by atoms with Gasteiger partial charge in [0.1, 0.15) is 0 Å². The lowest BCUT2D eigenvalue weighted by Crippen LogP contribution is -2.37. The van der Waals surface area contributed by atoms with Crippen LogP contribution < -0.4 is 4.90 Å². The first-order valence-corrected chi connectivity index (χ1v) is 17.3. The second-order valence-corrected chi connectivity index (χ2v) is 13.9. The van der Waals surface area contributed by atoms with Gasteiger partial charge in [0.05, 0.1) is 42.2 Å². The summed E-state index contributed by atoms with van der Waals surface area (Å²) in [5.41, 5.74) is 10.2. The highest BCUT2D eigenvalue weighted by Crippen LogP contribution is 2.62. The summed E-state index contributed by atoms with van der Waals surface area (Å²) < 4.78 is 0. The van der Waals surface area contributed by atoms with Crippen molar-refractivity contribution in [2.75, 3.05) is 4.90 Å². The van der Waals surface area contributed by atoms with E-state index in [9.17, 15) is 9.59 Å². The van der Waals surface area contributed by atoms with Crippen LogP contribution >= 0.6 is 46.4 Å². The van der Waals surface area contributed by atoms with E-state index in [-0.39, 0.29) is 36.8 Å². The summed E-state index contributed by atoms with van der Waals surface area (Å²) in [7, 11) is 0. The molecule has 0 fully saturated rings. The van der Waals surface area contributed by atoms with Gasteiger partial charge in [-0.3, -0.25) is 9.59 Å². The van der Waals surface area contributed by atoms with Crippen molar-refractivity contribution in [1.82, 2.24) is 0 Å². The van der Waals surface area contributed by atoms with E-state index < -0.39 is 17.0 Å². The molecule has 6 aromatic rings. The number of ketones is 2. The number of Topliss-reactive ketones (excluding diaryl/α,β-unsaturated/α-hetero) is 2. The Morgan fingerprint density at radius 2 is 1.04 bits per heavy atom. The third-order valence-electron chi connectivity index (χ3n) is 9.97. The first-order chi connectivity index (χ1) is 23.8. The lowest BCUT2D eigenvalue weighted by Gasteiger charge is -2.45. The summed E-state index contributed by atoms with van der Waals surface area (Å²) >= 11 is 25.5. The van der Waals surface area contributed by atoms with Crippen LogP contribution in [-0.2, 0) is 12.0 Å². The number of anilines is 2. The van der Waals surface area contributed by atoms with E-state index in [4.69, 9.17) is 46.4 Å². The summed E-state index contributed by atoms with van der Waals surface area (Å²) in [6.07, 6.45) is 1.63. The summed E-state index contributed by atoms with van der Waals surface area (Å²) in [6.45, 7) is 0.648. The molecule has 1 spiro atoms. The Balaban J connectivity index is 1.32. The number of hydrogen-bond acceptors (Lipinski definition) is 3. The van der Waals surface area contributed by atoms with E-state index in [1.54, 1.807) is 6.08 Å². The maximum Gasteiger partial charge on any atom is 0.199 e. The van der Waals surface area contributed by atoms with Gasteiger partial charge in [-0.15, -0.1) is 0 Å². The van der Waals surface area contributed by atoms with Gasteiger partial charge >= 0.3 is 0 Å². The molecule has 9 rings (SSSR count). The highest BCUT2D eigenvalue weighted by molar-refractivity contribution is 6.57.